The van der Waals surface area contributed by atoms with Crippen molar-refractivity contribution in [2.75, 3.05) is 0 Å². The van der Waals surface area contributed by atoms with Crippen LogP contribution in [0.3, 0.4) is 0 Å². The van der Waals surface area contributed by atoms with Gasteiger partial charge in [-0.15, -0.1) is 0 Å². The van der Waals surface area contributed by atoms with Gasteiger partial charge in [-0.3, -0.25) is 4.79 Å². The number of halogens is 2. The maximum Gasteiger partial charge on any atom is 0.264 e. The Morgan fingerprint density at radius 2 is 2.13 bits per heavy atom. The van der Waals surface area contributed by atoms with E-state index in [1.165, 1.54) is 0 Å². The van der Waals surface area contributed by atoms with E-state index in [9.17, 15) is 13.6 Å². The number of pyridine rings is 1. The molecule has 4 nitrogen and oxygen atoms in total. The number of hydrogen-bond acceptors (Lipinski definition) is 3. The number of aromatic nitrogens is 1. The topological polar surface area (TPSA) is 80.4 Å². The van der Waals surface area contributed by atoms with Gasteiger partial charge in [0.05, 0.1) is 12.5 Å². The molecule has 0 amide bonds. The molecule has 0 fully saturated rings. The zero-order chi connectivity index (χ0) is 11.4. The predicted molar refractivity (Wildman–Crippen MR) is 46.1 cm³/mol. The van der Waals surface area contributed by atoms with Crippen LogP contribution in [-0.4, -0.2) is 4.98 Å². The maximum absolute atomic E-state index is 12.5. The molecule has 0 saturated carbocycles. The highest BCUT2D eigenvalue weighted by Crippen LogP contribution is 2.23. The van der Waals surface area contributed by atoms with E-state index in [4.69, 9.17) is 10.5 Å². The molecule has 6 heteroatoms. The summed E-state index contributed by atoms with van der Waals surface area (Å²) in [4.78, 5) is 13.0. The minimum absolute atomic E-state index is 0.116. The molecule has 1 heterocycles. The fraction of sp³-hybridized carbons (Fsp3) is 0.222. The summed E-state index contributed by atoms with van der Waals surface area (Å²) in [6, 6.07) is 3.95. The molecule has 1 N–H and O–H groups in total. The summed E-state index contributed by atoms with van der Waals surface area (Å²) < 4.78 is 25.0. The van der Waals surface area contributed by atoms with Gasteiger partial charge < -0.3 is 4.98 Å². The van der Waals surface area contributed by atoms with Gasteiger partial charge in [-0.2, -0.15) is 10.5 Å². The Hall–Kier alpha value is -2.21. The van der Waals surface area contributed by atoms with Crippen molar-refractivity contribution in [3.63, 3.8) is 0 Å². The van der Waals surface area contributed by atoms with E-state index < -0.39 is 17.5 Å². The van der Waals surface area contributed by atoms with Gasteiger partial charge in [0.25, 0.3) is 6.43 Å². The highest BCUT2D eigenvalue weighted by Gasteiger charge is 2.17. The number of alkyl halides is 2. The molecule has 0 aliphatic carbocycles. The van der Waals surface area contributed by atoms with Gasteiger partial charge in [-0.1, -0.05) is 0 Å². The summed E-state index contributed by atoms with van der Waals surface area (Å²) in [7, 11) is 0. The highest BCUT2D eigenvalue weighted by atomic mass is 19.3. The minimum Gasteiger partial charge on any atom is -0.313 e. The average Bonchev–Trinajstić information content (AvgIpc) is 2.19. The van der Waals surface area contributed by atoms with Crippen LogP contribution in [0.25, 0.3) is 0 Å². The average molecular weight is 209 g/mol. The maximum atomic E-state index is 12.5. The van der Waals surface area contributed by atoms with Crippen molar-refractivity contribution in [3.05, 3.63) is 33.2 Å². The van der Waals surface area contributed by atoms with Crippen LogP contribution >= 0.6 is 0 Å². The number of hydrogen-bond donors (Lipinski definition) is 1. The van der Waals surface area contributed by atoms with Crippen LogP contribution in [0.2, 0.25) is 0 Å². The van der Waals surface area contributed by atoms with E-state index >= 15 is 0 Å². The normalized spacial score (nSPS) is 9.67. The van der Waals surface area contributed by atoms with Crippen molar-refractivity contribution in [3.8, 4) is 12.1 Å². The van der Waals surface area contributed by atoms with Gasteiger partial charge in [0.15, 0.2) is 0 Å². The first-order valence-corrected chi connectivity index (χ1v) is 3.91. The number of nitrogens with zero attached hydrogens (tertiary/aromatic N) is 2. The van der Waals surface area contributed by atoms with Crippen molar-refractivity contribution in [2.24, 2.45) is 0 Å². The first-order valence-electron chi connectivity index (χ1n) is 3.91. The van der Waals surface area contributed by atoms with E-state index in [0.717, 1.165) is 0 Å². The lowest BCUT2D eigenvalue weighted by Gasteiger charge is -2.06. The second-order valence-electron chi connectivity index (χ2n) is 2.69. The Morgan fingerprint density at radius 1 is 1.47 bits per heavy atom. The Bertz CT molecular complexity index is 508. The lowest BCUT2D eigenvalue weighted by Crippen LogP contribution is -2.12. The Kier molecular flexibility index (Phi) is 3.14. The Morgan fingerprint density at radius 3 is 2.60 bits per heavy atom. The molecule has 0 atom stereocenters. The second kappa shape index (κ2) is 4.34. The molecule has 0 aliphatic rings. The molecule has 1 rings (SSSR count). The van der Waals surface area contributed by atoms with Gasteiger partial charge in [0, 0.05) is 17.2 Å². The summed E-state index contributed by atoms with van der Waals surface area (Å²) in [5, 5.41) is 17.0. The number of nitriles is 2. The summed E-state index contributed by atoms with van der Waals surface area (Å²) in [5.41, 5.74) is -1.73. The SMILES string of the molecule is N#CCc1c(C(F)F)cc(=O)[nH]c1C#N. The zero-order valence-electron chi connectivity index (χ0n) is 7.42. The summed E-state index contributed by atoms with van der Waals surface area (Å²) in [6.45, 7) is 0. The van der Waals surface area contributed by atoms with Crippen LogP contribution in [-0.2, 0) is 6.42 Å². The molecule has 0 aromatic carbocycles. The molecule has 76 valence electrons. The molecule has 0 radical (unpaired) electrons. The first-order chi connectivity index (χ1) is 7.10. The number of rotatable bonds is 2. The largest absolute Gasteiger partial charge is 0.313 e. The molecule has 0 aliphatic heterocycles. The Labute approximate surface area is 83.4 Å². The van der Waals surface area contributed by atoms with E-state index in [1.807, 2.05) is 0 Å². The van der Waals surface area contributed by atoms with Crippen molar-refractivity contribution in [1.82, 2.24) is 4.98 Å². The molecule has 15 heavy (non-hydrogen) atoms. The fourth-order valence-electron chi connectivity index (χ4n) is 1.17. The molecule has 0 saturated heterocycles. The Balaban J connectivity index is 3.50. The quantitative estimate of drug-likeness (QED) is 0.795. The van der Waals surface area contributed by atoms with Gasteiger partial charge in [-0.25, -0.2) is 8.78 Å². The van der Waals surface area contributed by atoms with Crippen molar-refractivity contribution in [2.45, 2.75) is 12.8 Å². The minimum atomic E-state index is -2.87. The molecule has 1 aromatic rings. The summed E-state index contributed by atoms with van der Waals surface area (Å²) in [5.74, 6) is 0. The third kappa shape index (κ3) is 2.18. The first kappa shape index (κ1) is 10.9. The van der Waals surface area contributed by atoms with Crippen LogP contribution in [0.15, 0.2) is 10.9 Å². The summed E-state index contributed by atoms with van der Waals surface area (Å²) >= 11 is 0. The molecular formula is C9H5F2N3O. The molecule has 0 unspecified atom stereocenters. The van der Waals surface area contributed by atoms with Gasteiger partial charge in [-0.05, 0) is 0 Å². The van der Waals surface area contributed by atoms with Crippen LogP contribution < -0.4 is 5.56 Å². The molecule has 0 bridgehead atoms. The molecule has 0 spiro atoms. The van der Waals surface area contributed by atoms with Gasteiger partial charge >= 0.3 is 0 Å². The number of nitrogens with one attached hydrogen (secondary N) is 1. The standard InChI is InChI=1S/C9H5F2N3O/c10-9(11)6-3-8(15)14-7(4-13)5(6)1-2-12/h3,9H,1H2,(H,14,15). The predicted octanol–water partition coefficient (Wildman–Crippen LogP) is 1.25. The van der Waals surface area contributed by atoms with E-state index in [2.05, 4.69) is 4.98 Å². The number of aromatic amines is 1. The van der Waals surface area contributed by atoms with Crippen LogP contribution in [0.4, 0.5) is 8.78 Å². The lowest BCUT2D eigenvalue weighted by molar-refractivity contribution is 0.150. The van der Waals surface area contributed by atoms with Gasteiger partial charge in [0.1, 0.15) is 11.8 Å². The highest BCUT2D eigenvalue weighted by molar-refractivity contribution is 5.39. The van der Waals surface area contributed by atoms with Gasteiger partial charge in [0.2, 0.25) is 5.56 Å². The van der Waals surface area contributed by atoms with Crippen molar-refractivity contribution < 1.29 is 8.78 Å². The third-order valence-electron chi connectivity index (χ3n) is 1.79. The van der Waals surface area contributed by atoms with E-state index in [0.29, 0.717) is 6.07 Å². The number of H-pyrrole nitrogens is 1. The van der Waals surface area contributed by atoms with E-state index in [-0.39, 0.29) is 17.7 Å². The monoisotopic (exact) mass is 209 g/mol. The van der Waals surface area contributed by atoms with Crippen molar-refractivity contribution in [1.29, 1.82) is 10.5 Å². The zero-order valence-corrected chi connectivity index (χ0v) is 7.42. The van der Waals surface area contributed by atoms with Crippen LogP contribution in [0.5, 0.6) is 0 Å². The second-order valence-corrected chi connectivity index (χ2v) is 2.69. The molecule has 1 aromatic heterocycles. The van der Waals surface area contributed by atoms with E-state index in [1.54, 1.807) is 12.1 Å². The third-order valence-corrected chi connectivity index (χ3v) is 1.79. The van der Waals surface area contributed by atoms with Crippen molar-refractivity contribution >= 4 is 0 Å². The van der Waals surface area contributed by atoms with Crippen LogP contribution in [0.1, 0.15) is 23.2 Å². The smallest absolute Gasteiger partial charge is 0.264 e. The summed E-state index contributed by atoms with van der Waals surface area (Å²) in [6.07, 6.45) is -3.21. The lowest BCUT2D eigenvalue weighted by atomic mass is 10.0. The fourth-order valence-corrected chi connectivity index (χ4v) is 1.17. The molecular weight excluding hydrogens is 204 g/mol. The van der Waals surface area contributed by atoms with Crippen LogP contribution in [0, 0.1) is 22.7 Å².